The second kappa shape index (κ2) is 11.6. The van der Waals surface area contributed by atoms with Crippen LogP contribution in [0, 0.1) is 5.92 Å². The molecule has 3 aliphatic heterocycles. The molecule has 8 nitrogen and oxygen atoms in total. The molecule has 36 heavy (non-hydrogen) atoms. The maximum Gasteiger partial charge on any atom is 0.309 e. The lowest BCUT2D eigenvalue weighted by molar-refractivity contribution is -0.152. The van der Waals surface area contributed by atoms with E-state index in [0.717, 1.165) is 24.8 Å². The number of hydrogen-bond donors (Lipinski definition) is 1. The topological polar surface area (TPSA) is 82.2 Å². The molecule has 1 aliphatic carbocycles. The maximum atomic E-state index is 13.5. The van der Waals surface area contributed by atoms with Gasteiger partial charge in [-0.05, 0) is 62.8 Å². The highest BCUT2D eigenvalue weighted by Gasteiger charge is 2.49. The molecule has 0 spiro atoms. The number of ether oxygens (including phenoxy) is 1. The van der Waals surface area contributed by atoms with E-state index in [0.29, 0.717) is 43.3 Å². The summed E-state index contributed by atoms with van der Waals surface area (Å²) in [5.74, 6) is -0.462. The smallest absolute Gasteiger partial charge is 0.309 e. The van der Waals surface area contributed by atoms with E-state index in [1.807, 2.05) is 49.2 Å². The van der Waals surface area contributed by atoms with E-state index in [1.165, 1.54) is 0 Å². The number of amides is 2. The van der Waals surface area contributed by atoms with Gasteiger partial charge in [0.2, 0.25) is 5.91 Å². The number of carbonyl (C=O) groups is 3. The molecule has 9 heteroatoms. The number of benzene rings is 1. The Morgan fingerprint density at radius 3 is 2.39 bits per heavy atom. The Morgan fingerprint density at radius 2 is 1.72 bits per heavy atom. The van der Waals surface area contributed by atoms with Crippen LogP contribution in [0.4, 0.5) is 0 Å². The van der Waals surface area contributed by atoms with Crippen molar-refractivity contribution < 1.29 is 19.1 Å². The van der Waals surface area contributed by atoms with Crippen molar-refractivity contribution in [2.75, 3.05) is 26.2 Å². The molecule has 5 rings (SSSR count). The first-order valence-corrected chi connectivity index (χ1v) is 13.6. The molecule has 3 heterocycles. The van der Waals surface area contributed by atoms with Crippen LogP contribution in [0.5, 0.6) is 0 Å². The number of piperidine rings is 1. The molecule has 3 fully saturated rings. The summed E-state index contributed by atoms with van der Waals surface area (Å²) in [5, 5.41) is 2.71. The van der Waals surface area contributed by atoms with Crippen molar-refractivity contribution in [3.05, 3.63) is 46.6 Å². The van der Waals surface area contributed by atoms with Crippen LogP contribution in [-0.4, -0.2) is 70.9 Å². The third-order valence-corrected chi connectivity index (χ3v) is 7.77. The molecule has 196 valence electrons. The van der Waals surface area contributed by atoms with Crippen molar-refractivity contribution in [3.8, 4) is 0 Å². The summed E-state index contributed by atoms with van der Waals surface area (Å²) >= 11 is 6.04. The number of halogens is 1. The highest BCUT2D eigenvalue weighted by molar-refractivity contribution is 6.30. The van der Waals surface area contributed by atoms with Gasteiger partial charge in [0.1, 0.15) is 12.2 Å². The number of hydrazine groups is 1. The number of piperazine rings is 1. The van der Waals surface area contributed by atoms with Gasteiger partial charge in [0.15, 0.2) is 0 Å². The minimum Gasteiger partial charge on any atom is -0.466 e. The van der Waals surface area contributed by atoms with Gasteiger partial charge < -0.3 is 14.5 Å². The van der Waals surface area contributed by atoms with Gasteiger partial charge in [0.05, 0.1) is 30.7 Å². The summed E-state index contributed by atoms with van der Waals surface area (Å²) in [6, 6.07) is 7.71. The predicted molar refractivity (Wildman–Crippen MR) is 138 cm³/mol. The molecule has 1 unspecified atom stereocenters. The monoisotopic (exact) mass is 516 g/mol. The first kappa shape index (κ1) is 26.5. The molecule has 4 aliphatic rings. The lowest BCUT2D eigenvalue weighted by Crippen LogP contribution is -2.62. The molecule has 0 bridgehead atoms. The van der Waals surface area contributed by atoms with E-state index in [2.05, 4.69) is 5.43 Å². The lowest BCUT2D eigenvalue weighted by atomic mass is 9.97. The molecule has 0 aromatic heterocycles. The van der Waals surface area contributed by atoms with Crippen LogP contribution >= 0.6 is 11.6 Å². The van der Waals surface area contributed by atoms with Crippen LogP contribution in [0.15, 0.2) is 36.0 Å². The third kappa shape index (κ3) is 5.25. The third-order valence-electron chi connectivity index (χ3n) is 7.52. The van der Waals surface area contributed by atoms with Gasteiger partial charge in [-0.25, -0.2) is 5.43 Å². The molecule has 3 atom stereocenters. The average Bonchev–Trinajstić information content (AvgIpc) is 3.56. The van der Waals surface area contributed by atoms with Crippen molar-refractivity contribution in [1.29, 1.82) is 0 Å². The lowest BCUT2D eigenvalue weighted by Gasteiger charge is -2.45. The van der Waals surface area contributed by atoms with Crippen molar-refractivity contribution in [1.82, 2.24) is 20.2 Å². The second-order valence-corrected chi connectivity index (χ2v) is 9.92. The van der Waals surface area contributed by atoms with Crippen LogP contribution < -0.4 is 5.43 Å². The summed E-state index contributed by atoms with van der Waals surface area (Å²) in [7, 11) is 0. The molecule has 2 amide bonds. The fourth-order valence-corrected chi connectivity index (χ4v) is 5.85. The number of carbonyl (C=O) groups excluding carboxylic acids is 3. The second-order valence-electron chi connectivity index (χ2n) is 9.49. The maximum absolute atomic E-state index is 13.5. The summed E-state index contributed by atoms with van der Waals surface area (Å²) in [5.41, 5.74) is 5.17. The highest BCUT2D eigenvalue weighted by Crippen LogP contribution is 2.39. The molecule has 1 N–H and O–H groups in total. The largest absolute Gasteiger partial charge is 0.466 e. The number of fused-ring (bicyclic) bond motifs is 3. The highest BCUT2D eigenvalue weighted by atomic mass is 35.5. The summed E-state index contributed by atoms with van der Waals surface area (Å²) in [4.78, 5) is 42.3. The fraction of sp³-hybridized carbons (Fsp3) is 0.593. The molecule has 1 saturated carbocycles. The number of likely N-dealkylation sites (tertiary alicyclic amines) is 1. The van der Waals surface area contributed by atoms with E-state index < -0.39 is 0 Å². The Labute approximate surface area is 218 Å². The van der Waals surface area contributed by atoms with Crippen LogP contribution in [0.2, 0.25) is 5.02 Å². The van der Waals surface area contributed by atoms with Crippen molar-refractivity contribution in [2.45, 2.75) is 71.0 Å². The number of nitrogens with one attached hydrogen (secondary N) is 1. The summed E-state index contributed by atoms with van der Waals surface area (Å²) in [6.45, 7) is 7.30. The summed E-state index contributed by atoms with van der Waals surface area (Å²) < 4.78 is 5.13. The van der Waals surface area contributed by atoms with Gasteiger partial charge in [0, 0.05) is 18.1 Å². The van der Waals surface area contributed by atoms with Crippen LogP contribution in [0.25, 0.3) is 0 Å². The van der Waals surface area contributed by atoms with Crippen molar-refractivity contribution >= 4 is 29.4 Å². The molecular formula is C27H37ClN4O4. The quantitative estimate of drug-likeness (QED) is 0.601. The van der Waals surface area contributed by atoms with Gasteiger partial charge in [-0.15, -0.1) is 0 Å². The Balaban J connectivity index is 0.00000148. The summed E-state index contributed by atoms with van der Waals surface area (Å²) in [6.07, 6.45) is 6.07. The van der Waals surface area contributed by atoms with Gasteiger partial charge in [-0.1, -0.05) is 37.6 Å². The normalized spacial score (nSPS) is 25.6. The first-order chi connectivity index (χ1) is 17.5. The van der Waals surface area contributed by atoms with E-state index in [9.17, 15) is 14.4 Å². The van der Waals surface area contributed by atoms with E-state index in [1.54, 1.807) is 16.7 Å². The van der Waals surface area contributed by atoms with Crippen LogP contribution in [0.3, 0.4) is 0 Å². The minimum atomic E-state index is -0.175. The molecule has 0 radical (unpaired) electrons. The molecular weight excluding hydrogens is 480 g/mol. The van der Waals surface area contributed by atoms with E-state index >= 15 is 0 Å². The zero-order valence-corrected chi connectivity index (χ0v) is 22.2. The number of nitrogens with zero attached hydrogens (tertiary/aromatic N) is 3. The Bertz CT molecular complexity index is 990. The van der Waals surface area contributed by atoms with Crippen molar-refractivity contribution in [3.63, 3.8) is 0 Å². The number of rotatable bonds is 5. The zero-order valence-electron chi connectivity index (χ0n) is 21.4. The number of hydrogen-bond acceptors (Lipinski definition) is 6. The van der Waals surface area contributed by atoms with Crippen molar-refractivity contribution in [2.24, 2.45) is 5.92 Å². The predicted octanol–water partition coefficient (Wildman–Crippen LogP) is 3.68. The van der Waals surface area contributed by atoms with Crippen LogP contribution in [-0.2, 0) is 19.1 Å². The van der Waals surface area contributed by atoms with Gasteiger partial charge in [-0.2, -0.15) is 0 Å². The minimum absolute atomic E-state index is 0.0159. The van der Waals surface area contributed by atoms with E-state index in [-0.39, 0.29) is 48.4 Å². The van der Waals surface area contributed by atoms with Gasteiger partial charge in [-0.3, -0.25) is 19.4 Å². The fourth-order valence-electron chi connectivity index (χ4n) is 5.73. The average molecular weight is 517 g/mol. The van der Waals surface area contributed by atoms with Gasteiger partial charge in [0.25, 0.3) is 5.91 Å². The van der Waals surface area contributed by atoms with Gasteiger partial charge >= 0.3 is 5.97 Å². The zero-order chi connectivity index (χ0) is 25.8. The Kier molecular flexibility index (Phi) is 8.57. The SMILES string of the molecule is CC.CCOC(=O)C1CCN(C(=O)CN2C(=O)C3=CC(c4ccc(Cl)cc4)NN3[C@@H]3CCC[C@@H]32)CC1. The number of esters is 1. The molecule has 1 aromatic carbocycles. The first-order valence-electron chi connectivity index (χ1n) is 13.2. The Morgan fingerprint density at radius 1 is 1.06 bits per heavy atom. The Hall–Kier alpha value is -2.58. The van der Waals surface area contributed by atoms with E-state index in [4.69, 9.17) is 16.3 Å². The molecule has 1 aromatic rings. The standard InChI is InChI=1S/C25H31ClN4O4.C2H6/c1-2-34-25(33)17-10-12-28(13-11-17)23(31)15-29-20-4-3-5-21(20)30-22(24(29)32)14-19(27-30)16-6-8-18(26)9-7-16;1-2/h6-9,14,17,19-21,27H,2-5,10-13,15H2,1H3;1-2H3/t19?,20-,21+;/m0./s1. The van der Waals surface area contributed by atoms with Crippen LogP contribution in [0.1, 0.15) is 64.5 Å². The molecule has 2 saturated heterocycles.